The van der Waals surface area contributed by atoms with Gasteiger partial charge in [0.2, 0.25) is 11.9 Å². The molecule has 1 aromatic heterocycles. The summed E-state index contributed by atoms with van der Waals surface area (Å²) < 4.78 is 5.72. The molecule has 1 saturated heterocycles. The van der Waals surface area contributed by atoms with Crippen molar-refractivity contribution in [1.29, 1.82) is 0 Å². The standard InChI is InChI=1S/C25H24ClN5O3/c1-14-12-31(13-15(2)34-14)24(33)16-3-6-19(7-4-16)28-25-27-11-17-9-22(32)29-21-10-18(26)5-8-20(21)23(17)30-25/h3-8,10-11,14-15H,9,12-13H2,1-2H3,(H,29,32)(H,27,28,30)/t14-,15+. The highest BCUT2D eigenvalue weighted by Crippen LogP contribution is 2.34. The van der Waals surface area contributed by atoms with Gasteiger partial charge in [-0.05, 0) is 56.3 Å². The molecule has 3 aromatic rings. The molecule has 2 amide bonds. The van der Waals surface area contributed by atoms with Gasteiger partial charge in [0.25, 0.3) is 5.91 Å². The zero-order chi connectivity index (χ0) is 23.8. The Morgan fingerprint density at radius 2 is 1.88 bits per heavy atom. The molecule has 0 bridgehead atoms. The number of nitrogens with zero attached hydrogens (tertiary/aromatic N) is 3. The lowest BCUT2D eigenvalue weighted by molar-refractivity contribution is -0.115. The van der Waals surface area contributed by atoms with Crippen LogP contribution in [0.15, 0.2) is 48.7 Å². The fourth-order valence-electron chi connectivity index (χ4n) is 4.37. The molecule has 2 atom stereocenters. The Labute approximate surface area is 202 Å². The van der Waals surface area contributed by atoms with Crippen LogP contribution in [0.1, 0.15) is 29.8 Å². The van der Waals surface area contributed by atoms with Gasteiger partial charge in [0, 0.05) is 46.7 Å². The van der Waals surface area contributed by atoms with Crippen molar-refractivity contribution in [3.05, 3.63) is 64.8 Å². The number of hydrogen-bond donors (Lipinski definition) is 2. The van der Waals surface area contributed by atoms with Crippen LogP contribution in [0.3, 0.4) is 0 Å². The third-order valence-corrected chi connectivity index (χ3v) is 6.06. The van der Waals surface area contributed by atoms with Gasteiger partial charge in [-0.2, -0.15) is 0 Å². The number of benzene rings is 2. The summed E-state index contributed by atoms with van der Waals surface area (Å²) in [5, 5.41) is 6.60. The van der Waals surface area contributed by atoms with E-state index in [-0.39, 0.29) is 30.4 Å². The number of aromatic nitrogens is 2. The fourth-order valence-corrected chi connectivity index (χ4v) is 4.55. The number of fused-ring (bicyclic) bond motifs is 3. The quantitative estimate of drug-likeness (QED) is 0.584. The molecule has 9 heteroatoms. The highest BCUT2D eigenvalue weighted by Gasteiger charge is 2.26. The summed E-state index contributed by atoms with van der Waals surface area (Å²) in [6.45, 7) is 5.11. The minimum Gasteiger partial charge on any atom is -0.372 e. The maximum atomic E-state index is 12.9. The molecule has 0 saturated carbocycles. The van der Waals surface area contributed by atoms with Crippen molar-refractivity contribution >= 4 is 40.7 Å². The largest absolute Gasteiger partial charge is 0.372 e. The molecule has 2 aromatic carbocycles. The summed E-state index contributed by atoms with van der Waals surface area (Å²) >= 11 is 6.11. The molecule has 0 radical (unpaired) electrons. The molecule has 0 unspecified atom stereocenters. The minimum absolute atomic E-state index is 0.0118. The molecule has 3 heterocycles. The van der Waals surface area contributed by atoms with E-state index in [4.69, 9.17) is 16.3 Å². The van der Waals surface area contributed by atoms with Crippen molar-refractivity contribution < 1.29 is 14.3 Å². The normalized spacial score (nSPS) is 19.5. The Hall–Kier alpha value is -3.49. The second-order valence-electron chi connectivity index (χ2n) is 8.65. The highest BCUT2D eigenvalue weighted by molar-refractivity contribution is 6.31. The smallest absolute Gasteiger partial charge is 0.254 e. The zero-order valence-electron chi connectivity index (χ0n) is 18.8. The second kappa shape index (κ2) is 9.04. The van der Waals surface area contributed by atoms with Crippen LogP contribution in [0, 0.1) is 0 Å². The Kier molecular flexibility index (Phi) is 5.93. The van der Waals surface area contributed by atoms with Gasteiger partial charge in [0.15, 0.2) is 0 Å². The molecule has 2 N–H and O–H groups in total. The number of halogens is 1. The van der Waals surface area contributed by atoms with Crippen LogP contribution < -0.4 is 10.6 Å². The molecular weight excluding hydrogens is 454 g/mol. The Morgan fingerprint density at radius 1 is 1.15 bits per heavy atom. The van der Waals surface area contributed by atoms with Gasteiger partial charge in [-0.25, -0.2) is 9.97 Å². The van der Waals surface area contributed by atoms with Crippen LogP contribution in [0.4, 0.5) is 17.3 Å². The van der Waals surface area contributed by atoms with E-state index < -0.39 is 0 Å². The monoisotopic (exact) mass is 477 g/mol. The molecule has 34 heavy (non-hydrogen) atoms. The first-order valence-electron chi connectivity index (χ1n) is 11.1. The number of morpholine rings is 1. The molecule has 2 aliphatic heterocycles. The third-order valence-electron chi connectivity index (χ3n) is 5.82. The molecule has 0 spiro atoms. The predicted molar refractivity (Wildman–Crippen MR) is 130 cm³/mol. The van der Waals surface area contributed by atoms with Crippen molar-refractivity contribution in [3.8, 4) is 11.3 Å². The topological polar surface area (TPSA) is 96.5 Å². The number of carbonyl (C=O) groups excluding carboxylic acids is 2. The first-order chi connectivity index (χ1) is 16.4. The maximum absolute atomic E-state index is 12.9. The van der Waals surface area contributed by atoms with Gasteiger partial charge in [-0.1, -0.05) is 11.6 Å². The van der Waals surface area contributed by atoms with Crippen LogP contribution in [0.5, 0.6) is 0 Å². The predicted octanol–water partition coefficient (Wildman–Crippen LogP) is 4.28. The highest BCUT2D eigenvalue weighted by atomic mass is 35.5. The summed E-state index contributed by atoms with van der Waals surface area (Å²) in [4.78, 5) is 36.1. The zero-order valence-corrected chi connectivity index (χ0v) is 19.6. The summed E-state index contributed by atoms with van der Waals surface area (Å²) in [7, 11) is 0. The number of rotatable bonds is 3. The van der Waals surface area contributed by atoms with Crippen LogP contribution in [0.25, 0.3) is 11.3 Å². The molecule has 5 rings (SSSR count). The van der Waals surface area contributed by atoms with E-state index in [1.54, 1.807) is 30.5 Å². The first-order valence-corrected chi connectivity index (χ1v) is 11.5. The average Bonchev–Trinajstić information content (AvgIpc) is 2.93. The number of nitrogens with one attached hydrogen (secondary N) is 2. The van der Waals surface area contributed by atoms with E-state index in [9.17, 15) is 9.59 Å². The summed E-state index contributed by atoms with van der Waals surface area (Å²) in [6.07, 6.45) is 1.88. The first kappa shape index (κ1) is 22.3. The van der Waals surface area contributed by atoms with Crippen molar-refractivity contribution in [3.63, 3.8) is 0 Å². The van der Waals surface area contributed by atoms with Crippen molar-refractivity contribution in [2.45, 2.75) is 32.5 Å². The number of hydrogen-bond acceptors (Lipinski definition) is 6. The SMILES string of the molecule is C[C@@H]1CN(C(=O)c2ccc(Nc3ncc4c(n3)-c3ccc(Cl)cc3NC(=O)C4)cc2)C[C@H](C)O1. The lowest BCUT2D eigenvalue weighted by Crippen LogP contribution is -2.48. The third kappa shape index (κ3) is 4.60. The van der Waals surface area contributed by atoms with E-state index >= 15 is 0 Å². The number of anilines is 3. The van der Waals surface area contributed by atoms with E-state index in [0.29, 0.717) is 41.0 Å². The Morgan fingerprint density at radius 3 is 2.62 bits per heavy atom. The van der Waals surface area contributed by atoms with Crippen molar-refractivity contribution in [1.82, 2.24) is 14.9 Å². The number of amides is 2. The Balaban J connectivity index is 1.36. The van der Waals surface area contributed by atoms with E-state index in [1.807, 2.05) is 36.9 Å². The van der Waals surface area contributed by atoms with Crippen molar-refractivity contribution in [2.75, 3.05) is 23.7 Å². The average molecular weight is 478 g/mol. The lowest BCUT2D eigenvalue weighted by atomic mass is 10.1. The van der Waals surface area contributed by atoms with Gasteiger partial charge >= 0.3 is 0 Å². The van der Waals surface area contributed by atoms with Gasteiger partial charge in [-0.15, -0.1) is 0 Å². The number of ether oxygens (including phenoxy) is 1. The van der Waals surface area contributed by atoms with Crippen LogP contribution in [0.2, 0.25) is 5.02 Å². The van der Waals surface area contributed by atoms with Crippen LogP contribution in [-0.2, 0) is 16.0 Å². The molecule has 174 valence electrons. The molecular formula is C25H24ClN5O3. The molecule has 8 nitrogen and oxygen atoms in total. The lowest BCUT2D eigenvalue weighted by Gasteiger charge is -2.35. The maximum Gasteiger partial charge on any atom is 0.254 e. The second-order valence-corrected chi connectivity index (χ2v) is 9.09. The van der Waals surface area contributed by atoms with Gasteiger partial charge in [0.05, 0.1) is 30.0 Å². The molecule has 1 fully saturated rings. The van der Waals surface area contributed by atoms with Gasteiger partial charge in [0.1, 0.15) is 0 Å². The molecule has 0 aliphatic carbocycles. The van der Waals surface area contributed by atoms with E-state index in [2.05, 4.69) is 20.6 Å². The Bertz CT molecular complexity index is 1250. The fraction of sp³-hybridized carbons (Fsp3) is 0.280. The summed E-state index contributed by atoms with van der Waals surface area (Å²) in [6, 6.07) is 12.6. The summed E-state index contributed by atoms with van der Waals surface area (Å²) in [5.74, 6) is 0.238. The van der Waals surface area contributed by atoms with Crippen LogP contribution >= 0.6 is 11.6 Å². The van der Waals surface area contributed by atoms with Gasteiger partial charge in [-0.3, -0.25) is 9.59 Å². The van der Waals surface area contributed by atoms with Crippen LogP contribution in [-0.4, -0.2) is 52.0 Å². The minimum atomic E-state index is -0.143. The number of carbonyl (C=O) groups is 2. The van der Waals surface area contributed by atoms with Gasteiger partial charge < -0.3 is 20.3 Å². The van der Waals surface area contributed by atoms with E-state index in [1.165, 1.54) is 0 Å². The molecule has 2 aliphatic rings. The van der Waals surface area contributed by atoms with Crippen molar-refractivity contribution in [2.24, 2.45) is 0 Å². The van der Waals surface area contributed by atoms with E-state index in [0.717, 1.165) is 16.8 Å². The summed E-state index contributed by atoms with van der Waals surface area (Å²) in [5.41, 5.74) is 4.18.